The van der Waals surface area contributed by atoms with Crippen LogP contribution in [0.4, 0.5) is 0 Å². The number of carbonyl (C=O) groups excluding carboxylic acids is 1. The number of aromatic amines is 1. The highest BCUT2D eigenvalue weighted by Crippen LogP contribution is 2.18. The van der Waals surface area contributed by atoms with Gasteiger partial charge >= 0.3 is 0 Å². The molecule has 3 rings (SSSR count). The summed E-state index contributed by atoms with van der Waals surface area (Å²) in [6.07, 6.45) is 2.19. The van der Waals surface area contributed by atoms with Crippen molar-refractivity contribution in [3.63, 3.8) is 0 Å². The molecule has 4 nitrogen and oxygen atoms in total. The lowest BCUT2D eigenvalue weighted by Crippen LogP contribution is -2.27. The Labute approximate surface area is 103 Å². The Morgan fingerprint density at radius 2 is 2.12 bits per heavy atom. The summed E-state index contributed by atoms with van der Waals surface area (Å²) in [5.74, 6) is 0.0757. The molecule has 0 bridgehead atoms. The molecule has 1 aliphatic rings. The SMILES string of the molecule is O=C(c1ccc2[nH]c(=S)oc2c1)N1CCCC1. The smallest absolute Gasteiger partial charge is 0.266 e. The van der Waals surface area contributed by atoms with Gasteiger partial charge in [0.1, 0.15) is 0 Å². The molecule has 0 radical (unpaired) electrons. The monoisotopic (exact) mass is 248 g/mol. The molecule has 2 heterocycles. The molecule has 1 aromatic carbocycles. The van der Waals surface area contributed by atoms with E-state index in [0.717, 1.165) is 31.4 Å². The first-order chi connectivity index (χ1) is 8.24. The molecule has 5 heteroatoms. The molecule has 1 N–H and O–H groups in total. The van der Waals surface area contributed by atoms with E-state index in [4.69, 9.17) is 16.6 Å². The number of benzene rings is 1. The van der Waals surface area contributed by atoms with Crippen LogP contribution in [-0.2, 0) is 0 Å². The number of H-pyrrole nitrogens is 1. The number of rotatable bonds is 1. The van der Waals surface area contributed by atoms with Crippen molar-refractivity contribution in [3.8, 4) is 0 Å². The zero-order chi connectivity index (χ0) is 11.8. The number of nitrogens with one attached hydrogen (secondary N) is 1. The topological polar surface area (TPSA) is 49.2 Å². The first-order valence-electron chi connectivity index (χ1n) is 5.66. The number of carbonyl (C=O) groups is 1. The van der Waals surface area contributed by atoms with Crippen LogP contribution in [0.2, 0.25) is 0 Å². The van der Waals surface area contributed by atoms with Crippen molar-refractivity contribution in [2.24, 2.45) is 0 Å². The zero-order valence-electron chi connectivity index (χ0n) is 9.23. The zero-order valence-corrected chi connectivity index (χ0v) is 10.0. The molecule has 0 aliphatic carbocycles. The van der Waals surface area contributed by atoms with E-state index in [2.05, 4.69) is 4.98 Å². The lowest BCUT2D eigenvalue weighted by atomic mass is 10.2. The van der Waals surface area contributed by atoms with Crippen LogP contribution in [0.25, 0.3) is 11.1 Å². The van der Waals surface area contributed by atoms with Crippen LogP contribution in [0.1, 0.15) is 23.2 Å². The Hall–Kier alpha value is -1.62. The molecule has 0 unspecified atom stereocenters. The summed E-state index contributed by atoms with van der Waals surface area (Å²) >= 11 is 4.91. The van der Waals surface area contributed by atoms with Gasteiger partial charge in [-0.3, -0.25) is 4.79 Å². The summed E-state index contributed by atoms with van der Waals surface area (Å²) in [7, 11) is 0. The van der Waals surface area contributed by atoms with Crippen molar-refractivity contribution in [1.82, 2.24) is 9.88 Å². The third-order valence-corrected chi connectivity index (χ3v) is 3.25. The van der Waals surface area contributed by atoms with Gasteiger partial charge in [-0.1, -0.05) is 0 Å². The lowest BCUT2D eigenvalue weighted by molar-refractivity contribution is 0.0793. The lowest BCUT2D eigenvalue weighted by Gasteiger charge is -2.14. The number of hydrogen-bond donors (Lipinski definition) is 1. The van der Waals surface area contributed by atoms with E-state index in [9.17, 15) is 4.79 Å². The van der Waals surface area contributed by atoms with Gasteiger partial charge in [-0.2, -0.15) is 0 Å². The molecule has 0 spiro atoms. The van der Waals surface area contributed by atoms with Gasteiger partial charge in [0.15, 0.2) is 5.58 Å². The summed E-state index contributed by atoms with van der Waals surface area (Å²) < 4.78 is 5.31. The van der Waals surface area contributed by atoms with Crippen molar-refractivity contribution >= 4 is 29.2 Å². The van der Waals surface area contributed by atoms with Crippen LogP contribution in [0, 0.1) is 4.84 Å². The van der Waals surface area contributed by atoms with Gasteiger partial charge in [0.2, 0.25) is 0 Å². The number of fused-ring (bicyclic) bond motifs is 1. The number of hydrogen-bond acceptors (Lipinski definition) is 3. The standard InChI is InChI=1S/C12H12N2O2S/c15-11(14-5-1-2-6-14)8-3-4-9-10(7-8)16-12(17)13-9/h3-4,7H,1-2,5-6H2,(H,13,17). The maximum atomic E-state index is 12.1. The number of likely N-dealkylation sites (tertiary alicyclic amines) is 1. The highest BCUT2D eigenvalue weighted by atomic mass is 32.1. The molecule has 1 aliphatic heterocycles. The third kappa shape index (κ3) is 1.86. The van der Waals surface area contributed by atoms with E-state index in [1.165, 1.54) is 0 Å². The van der Waals surface area contributed by atoms with Crippen molar-refractivity contribution < 1.29 is 9.21 Å². The fraction of sp³-hybridized carbons (Fsp3) is 0.333. The molecular weight excluding hydrogens is 236 g/mol. The minimum Gasteiger partial charge on any atom is -0.429 e. The summed E-state index contributed by atoms with van der Waals surface area (Å²) in [6.45, 7) is 1.71. The predicted molar refractivity (Wildman–Crippen MR) is 66.5 cm³/mol. The molecule has 1 aromatic heterocycles. The van der Waals surface area contributed by atoms with Crippen molar-refractivity contribution in [2.75, 3.05) is 13.1 Å². The van der Waals surface area contributed by atoms with Crippen LogP contribution in [-0.4, -0.2) is 28.9 Å². The minimum absolute atomic E-state index is 0.0757. The largest absolute Gasteiger partial charge is 0.429 e. The van der Waals surface area contributed by atoms with Crippen LogP contribution in [0.3, 0.4) is 0 Å². The molecular formula is C12H12N2O2S. The highest BCUT2D eigenvalue weighted by Gasteiger charge is 2.19. The van der Waals surface area contributed by atoms with E-state index in [1.54, 1.807) is 6.07 Å². The molecule has 2 aromatic rings. The fourth-order valence-electron chi connectivity index (χ4n) is 2.18. The molecule has 1 saturated heterocycles. The van der Waals surface area contributed by atoms with E-state index in [-0.39, 0.29) is 5.91 Å². The van der Waals surface area contributed by atoms with E-state index in [1.807, 2.05) is 17.0 Å². The maximum absolute atomic E-state index is 12.1. The maximum Gasteiger partial charge on any atom is 0.266 e. The molecule has 1 fully saturated rings. The van der Waals surface area contributed by atoms with Gasteiger partial charge in [0, 0.05) is 18.7 Å². The van der Waals surface area contributed by atoms with Gasteiger partial charge in [0.05, 0.1) is 5.52 Å². The highest BCUT2D eigenvalue weighted by molar-refractivity contribution is 7.71. The number of aromatic nitrogens is 1. The average molecular weight is 248 g/mol. The molecule has 0 saturated carbocycles. The Morgan fingerprint density at radius 1 is 1.35 bits per heavy atom. The number of nitrogens with zero attached hydrogens (tertiary/aromatic N) is 1. The predicted octanol–water partition coefficient (Wildman–Crippen LogP) is 2.73. The molecule has 1 amide bonds. The quantitative estimate of drug-likeness (QED) is 0.789. The summed E-state index contributed by atoms with van der Waals surface area (Å²) in [4.78, 5) is 17.3. The molecule has 0 atom stereocenters. The summed E-state index contributed by atoms with van der Waals surface area (Å²) in [6, 6.07) is 5.39. The molecule has 88 valence electrons. The first kappa shape index (κ1) is 10.5. The number of amides is 1. The number of oxazole rings is 1. The van der Waals surface area contributed by atoms with Crippen LogP contribution in [0.5, 0.6) is 0 Å². The fourth-order valence-corrected chi connectivity index (χ4v) is 2.38. The Morgan fingerprint density at radius 3 is 2.88 bits per heavy atom. The van der Waals surface area contributed by atoms with E-state index < -0.39 is 0 Å². The van der Waals surface area contributed by atoms with Crippen LogP contribution < -0.4 is 0 Å². The first-order valence-corrected chi connectivity index (χ1v) is 6.07. The Balaban J connectivity index is 1.99. The second-order valence-electron chi connectivity index (χ2n) is 4.22. The average Bonchev–Trinajstić information content (AvgIpc) is 2.94. The minimum atomic E-state index is 0.0757. The van der Waals surface area contributed by atoms with Gasteiger partial charge in [-0.25, -0.2) is 0 Å². The Bertz CT molecular complexity index is 623. The summed E-state index contributed by atoms with van der Waals surface area (Å²) in [5.41, 5.74) is 2.13. The second kappa shape index (κ2) is 4.00. The molecule has 17 heavy (non-hydrogen) atoms. The van der Waals surface area contributed by atoms with Gasteiger partial charge in [-0.05, 0) is 43.3 Å². The normalized spacial score (nSPS) is 15.6. The van der Waals surface area contributed by atoms with Crippen molar-refractivity contribution in [1.29, 1.82) is 0 Å². The van der Waals surface area contributed by atoms with Gasteiger partial charge in [-0.15, -0.1) is 0 Å². The van der Waals surface area contributed by atoms with E-state index in [0.29, 0.717) is 16.0 Å². The van der Waals surface area contributed by atoms with Gasteiger partial charge < -0.3 is 14.3 Å². The Kier molecular flexibility index (Phi) is 2.48. The summed E-state index contributed by atoms with van der Waals surface area (Å²) in [5, 5.41) is 0. The third-order valence-electron chi connectivity index (χ3n) is 3.06. The van der Waals surface area contributed by atoms with Crippen molar-refractivity contribution in [2.45, 2.75) is 12.8 Å². The van der Waals surface area contributed by atoms with Crippen molar-refractivity contribution in [3.05, 3.63) is 28.6 Å². The van der Waals surface area contributed by atoms with Crippen LogP contribution >= 0.6 is 12.2 Å². The second-order valence-corrected chi connectivity index (χ2v) is 4.60. The van der Waals surface area contributed by atoms with Gasteiger partial charge in [0.25, 0.3) is 10.7 Å². The van der Waals surface area contributed by atoms with Crippen LogP contribution in [0.15, 0.2) is 22.6 Å². The van der Waals surface area contributed by atoms with E-state index >= 15 is 0 Å².